The highest BCUT2D eigenvalue weighted by Crippen LogP contribution is 2.19. The molecule has 5 nitrogen and oxygen atoms in total. The minimum atomic E-state index is 0.317. The average molecular weight is 249 g/mol. The number of likely N-dealkylation sites (tertiary alicyclic amines) is 1. The molecule has 2 N–H and O–H groups in total. The molecule has 5 heteroatoms. The second kappa shape index (κ2) is 4.97. The Kier molecular flexibility index (Phi) is 3.35. The van der Waals surface area contributed by atoms with Crippen LogP contribution in [0.5, 0.6) is 0 Å². The molecule has 1 aromatic heterocycles. The molecule has 1 aromatic rings. The number of hydrogen-bond donors (Lipinski definition) is 1. The first-order chi connectivity index (χ1) is 8.72. The summed E-state index contributed by atoms with van der Waals surface area (Å²) in [6.07, 6.45) is 4.75. The van der Waals surface area contributed by atoms with E-state index >= 15 is 0 Å². The Morgan fingerprint density at radius 1 is 1.28 bits per heavy atom. The molecule has 2 aliphatic heterocycles. The van der Waals surface area contributed by atoms with Gasteiger partial charge in [-0.3, -0.25) is 4.90 Å². The van der Waals surface area contributed by atoms with E-state index in [9.17, 15) is 0 Å². The molecule has 3 rings (SSSR count). The summed E-state index contributed by atoms with van der Waals surface area (Å²) >= 11 is 0. The van der Waals surface area contributed by atoms with E-state index in [0.29, 0.717) is 12.0 Å². The Hall–Kier alpha value is -0.940. The van der Waals surface area contributed by atoms with Crippen LogP contribution in [0.25, 0.3) is 0 Å². The quantitative estimate of drug-likeness (QED) is 0.841. The molecule has 1 fully saturated rings. The van der Waals surface area contributed by atoms with Crippen LogP contribution in [0, 0.1) is 5.92 Å². The topological polar surface area (TPSA) is 60.0 Å². The molecule has 0 radical (unpaired) electrons. The van der Waals surface area contributed by atoms with Crippen LogP contribution in [0.15, 0.2) is 0 Å². The predicted molar refractivity (Wildman–Crippen MR) is 70.0 cm³/mol. The number of fused-ring (bicyclic) bond motifs is 1. The van der Waals surface area contributed by atoms with E-state index < -0.39 is 0 Å². The van der Waals surface area contributed by atoms with Crippen LogP contribution in [-0.2, 0) is 19.5 Å². The standard InChI is InChI=1S/C13H23N5/c1-10-6-11(14)8-17(7-10)9-13-16-15-12-4-2-3-5-18(12)13/h10-11H,2-9,14H2,1H3. The van der Waals surface area contributed by atoms with Crippen molar-refractivity contribution < 1.29 is 0 Å². The van der Waals surface area contributed by atoms with Crippen LogP contribution in [0.3, 0.4) is 0 Å². The number of aromatic nitrogens is 3. The fourth-order valence-corrected chi connectivity index (χ4v) is 3.33. The van der Waals surface area contributed by atoms with Gasteiger partial charge in [-0.15, -0.1) is 10.2 Å². The Bertz CT molecular complexity index is 404. The normalized spacial score (nSPS) is 29.2. The summed E-state index contributed by atoms with van der Waals surface area (Å²) in [5.74, 6) is 2.99. The Morgan fingerprint density at radius 2 is 2.17 bits per heavy atom. The number of nitrogens with two attached hydrogens (primary N) is 1. The van der Waals surface area contributed by atoms with Crippen LogP contribution >= 0.6 is 0 Å². The van der Waals surface area contributed by atoms with Crippen molar-refractivity contribution in [2.24, 2.45) is 11.7 Å². The van der Waals surface area contributed by atoms with Crippen molar-refractivity contribution in [2.75, 3.05) is 13.1 Å². The highest BCUT2D eigenvalue weighted by atomic mass is 15.3. The van der Waals surface area contributed by atoms with Crippen molar-refractivity contribution >= 4 is 0 Å². The lowest BCUT2D eigenvalue weighted by molar-refractivity contribution is 0.153. The first-order valence-corrected chi connectivity index (χ1v) is 7.11. The van der Waals surface area contributed by atoms with E-state index in [1.54, 1.807) is 0 Å². The van der Waals surface area contributed by atoms with E-state index in [1.165, 1.54) is 18.7 Å². The molecule has 2 atom stereocenters. The molecule has 2 unspecified atom stereocenters. The van der Waals surface area contributed by atoms with Crippen LogP contribution in [0.1, 0.15) is 37.8 Å². The number of nitrogens with zero attached hydrogens (tertiary/aromatic N) is 4. The monoisotopic (exact) mass is 249 g/mol. The molecule has 3 heterocycles. The van der Waals surface area contributed by atoms with Gasteiger partial charge in [0, 0.05) is 32.1 Å². The van der Waals surface area contributed by atoms with Gasteiger partial charge >= 0.3 is 0 Å². The summed E-state index contributed by atoms with van der Waals surface area (Å²) in [6.45, 7) is 6.41. The van der Waals surface area contributed by atoms with Gasteiger partial charge in [0.25, 0.3) is 0 Å². The van der Waals surface area contributed by atoms with Crippen LogP contribution < -0.4 is 5.73 Å². The van der Waals surface area contributed by atoms with Gasteiger partial charge in [0.2, 0.25) is 0 Å². The second-order valence-electron chi connectivity index (χ2n) is 5.94. The Morgan fingerprint density at radius 3 is 3.00 bits per heavy atom. The number of piperidine rings is 1. The number of aryl methyl sites for hydroxylation is 1. The van der Waals surface area contributed by atoms with Gasteiger partial charge in [-0.2, -0.15) is 0 Å². The maximum absolute atomic E-state index is 6.10. The molecule has 0 amide bonds. The summed E-state index contributed by atoms with van der Waals surface area (Å²) in [5.41, 5.74) is 6.10. The maximum atomic E-state index is 6.10. The summed E-state index contributed by atoms with van der Waals surface area (Å²) in [5, 5.41) is 8.69. The summed E-state index contributed by atoms with van der Waals surface area (Å²) in [6, 6.07) is 0.317. The fourth-order valence-electron chi connectivity index (χ4n) is 3.33. The van der Waals surface area contributed by atoms with Gasteiger partial charge in [-0.25, -0.2) is 0 Å². The summed E-state index contributed by atoms with van der Waals surface area (Å²) in [4.78, 5) is 2.44. The molecule has 18 heavy (non-hydrogen) atoms. The second-order valence-corrected chi connectivity index (χ2v) is 5.94. The molecule has 1 saturated heterocycles. The highest BCUT2D eigenvalue weighted by Gasteiger charge is 2.24. The number of rotatable bonds is 2. The van der Waals surface area contributed by atoms with Crippen molar-refractivity contribution in [2.45, 2.75) is 51.7 Å². The minimum Gasteiger partial charge on any atom is -0.327 e. The molecule has 0 spiro atoms. The third kappa shape index (κ3) is 2.42. The van der Waals surface area contributed by atoms with Crippen molar-refractivity contribution in [1.82, 2.24) is 19.7 Å². The van der Waals surface area contributed by atoms with Crippen molar-refractivity contribution in [3.63, 3.8) is 0 Å². The minimum absolute atomic E-state index is 0.317. The van der Waals surface area contributed by atoms with E-state index in [1.807, 2.05) is 0 Å². The lowest BCUT2D eigenvalue weighted by atomic mass is 9.97. The maximum Gasteiger partial charge on any atom is 0.147 e. The van der Waals surface area contributed by atoms with Crippen LogP contribution in [-0.4, -0.2) is 38.8 Å². The molecule has 0 aliphatic carbocycles. The van der Waals surface area contributed by atoms with E-state index in [2.05, 4.69) is 26.6 Å². The average Bonchev–Trinajstić information content (AvgIpc) is 2.72. The lowest BCUT2D eigenvalue weighted by Gasteiger charge is -2.34. The molecule has 0 saturated carbocycles. The van der Waals surface area contributed by atoms with Crippen LogP contribution in [0.2, 0.25) is 0 Å². The SMILES string of the molecule is CC1CC(N)CN(Cc2nnc3n2CCCC3)C1. The zero-order valence-electron chi connectivity index (χ0n) is 11.2. The largest absolute Gasteiger partial charge is 0.327 e. The van der Waals surface area contributed by atoms with Crippen molar-refractivity contribution in [3.8, 4) is 0 Å². The van der Waals surface area contributed by atoms with Gasteiger partial charge in [-0.1, -0.05) is 6.92 Å². The Balaban J connectivity index is 1.70. The summed E-state index contributed by atoms with van der Waals surface area (Å²) < 4.78 is 2.31. The molecule has 0 aromatic carbocycles. The first kappa shape index (κ1) is 12.1. The molecular weight excluding hydrogens is 226 g/mol. The third-order valence-electron chi connectivity index (χ3n) is 4.07. The molecule has 100 valence electrons. The van der Waals surface area contributed by atoms with Crippen molar-refractivity contribution in [1.29, 1.82) is 0 Å². The zero-order chi connectivity index (χ0) is 12.5. The molecule has 0 bridgehead atoms. The Labute approximate surface area is 108 Å². The van der Waals surface area contributed by atoms with Gasteiger partial charge in [0.15, 0.2) is 0 Å². The van der Waals surface area contributed by atoms with E-state index in [-0.39, 0.29) is 0 Å². The lowest BCUT2D eigenvalue weighted by Crippen LogP contribution is -2.46. The highest BCUT2D eigenvalue weighted by molar-refractivity contribution is 4.99. The van der Waals surface area contributed by atoms with Gasteiger partial charge in [0.05, 0.1) is 6.54 Å². The van der Waals surface area contributed by atoms with Gasteiger partial charge in [0.1, 0.15) is 11.6 Å². The number of hydrogen-bond acceptors (Lipinski definition) is 4. The molecular formula is C13H23N5. The van der Waals surface area contributed by atoms with Gasteiger partial charge < -0.3 is 10.3 Å². The first-order valence-electron chi connectivity index (χ1n) is 7.11. The molecule has 2 aliphatic rings. The smallest absolute Gasteiger partial charge is 0.147 e. The van der Waals surface area contributed by atoms with E-state index in [0.717, 1.165) is 44.8 Å². The fraction of sp³-hybridized carbons (Fsp3) is 0.846. The van der Waals surface area contributed by atoms with Crippen molar-refractivity contribution in [3.05, 3.63) is 11.6 Å². The predicted octanol–water partition coefficient (Wildman–Crippen LogP) is 0.783. The van der Waals surface area contributed by atoms with E-state index in [4.69, 9.17) is 5.73 Å². The van der Waals surface area contributed by atoms with Crippen LogP contribution in [0.4, 0.5) is 0 Å². The third-order valence-corrected chi connectivity index (χ3v) is 4.07. The van der Waals surface area contributed by atoms with Gasteiger partial charge in [-0.05, 0) is 25.2 Å². The zero-order valence-corrected chi connectivity index (χ0v) is 11.2. The summed E-state index contributed by atoms with van der Waals surface area (Å²) in [7, 11) is 0.